The smallest absolute Gasteiger partial charge is 0.187 e. The van der Waals surface area contributed by atoms with E-state index in [1.807, 2.05) is 12.1 Å². The van der Waals surface area contributed by atoms with Gasteiger partial charge in [0.25, 0.3) is 0 Å². The Morgan fingerprint density at radius 3 is 2.48 bits per heavy atom. The van der Waals surface area contributed by atoms with Crippen LogP contribution in [-0.4, -0.2) is 64.8 Å². The summed E-state index contributed by atoms with van der Waals surface area (Å²) in [6.07, 6.45) is -6.37. The number of rotatable bonds is 5. The van der Waals surface area contributed by atoms with Crippen LogP contribution in [0.25, 0.3) is 0 Å². The predicted octanol–water partition coefficient (Wildman–Crippen LogP) is -0.988. The van der Waals surface area contributed by atoms with Crippen molar-refractivity contribution >= 4 is 0 Å². The van der Waals surface area contributed by atoms with Gasteiger partial charge in [0, 0.05) is 5.56 Å². The second-order valence-corrected chi connectivity index (χ2v) is 4.82. The SMILES string of the molecule is COc1ccccc1CO[C@@H]1O[C@H](CO)[C@@H](O)[C@H](O)[C@H]1O. The molecule has 7 nitrogen and oxygen atoms in total. The van der Waals surface area contributed by atoms with Gasteiger partial charge in [-0.15, -0.1) is 0 Å². The van der Waals surface area contributed by atoms with E-state index in [0.717, 1.165) is 5.56 Å². The number of hydrogen-bond donors (Lipinski definition) is 4. The molecule has 2 rings (SSSR count). The zero-order chi connectivity index (χ0) is 15.4. The number of benzene rings is 1. The van der Waals surface area contributed by atoms with Crippen molar-refractivity contribution in [2.24, 2.45) is 0 Å². The Morgan fingerprint density at radius 1 is 1.10 bits per heavy atom. The molecule has 5 atom stereocenters. The Labute approximate surface area is 122 Å². The molecule has 0 radical (unpaired) electrons. The minimum Gasteiger partial charge on any atom is -0.496 e. The molecule has 1 aliphatic heterocycles. The Bertz CT molecular complexity index is 451. The molecule has 1 saturated heterocycles. The van der Waals surface area contributed by atoms with Crippen molar-refractivity contribution in [1.82, 2.24) is 0 Å². The highest BCUT2D eigenvalue weighted by Crippen LogP contribution is 2.24. The lowest BCUT2D eigenvalue weighted by Gasteiger charge is -2.39. The second-order valence-electron chi connectivity index (χ2n) is 4.82. The van der Waals surface area contributed by atoms with E-state index in [9.17, 15) is 15.3 Å². The van der Waals surface area contributed by atoms with Crippen LogP contribution in [0.4, 0.5) is 0 Å². The molecular weight excluding hydrogens is 280 g/mol. The molecule has 1 fully saturated rings. The first-order valence-electron chi connectivity index (χ1n) is 6.62. The molecule has 0 saturated carbocycles. The molecule has 0 amide bonds. The number of ether oxygens (including phenoxy) is 3. The van der Waals surface area contributed by atoms with E-state index in [-0.39, 0.29) is 6.61 Å². The normalized spacial score (nSPS) is 32.9. The highest BCUT2D eigenvalue weighted by molar-refractivity contribution is 5.32. The van der Waals surface area contributed by atoms with Crippen LogP contribution in [0.15, 0.2) is 24.3 Å². The maximum atomic E-state index is 9.85. The third kappa shape index (κ3) is 3.52. The molecular formula is C14H20O7. The van der Waals surface area contributed by atoms with Gasteiger partial charge in [-0.1, -0.05) is 18.2 Å². The molecule has 4 N–H and O–H groups in total. The molecule has 7 heteroatoms. The van der Waals surface area contributed by atoms with Crippen molar-refractivity contribution in [1.29, 1.82) is 0 Å². The lowest BCUT2D eigenvalue weighted by atomic mass is 9.99. The zero-order valence-corrected chi connectivity index (χ0v) is 11.6. The topological polar surface area (TPSA) is 109 Å². The van der Waals surface area contributed by atoms with E-state index < -0.39 is 37.3 Å². The maximum absolute atomic E-state index is 9.85. The number of aliphatic hydroxyl groups excluding tert-OH is 4. The summed E-state index contributed by atoms with van der Waals surface area (Å²) in [6.45, 7) is -0.397. The van der Waals surface area contributed by atoms with Crippen LogP contribution in [-0.2, 0) is 16.1 Å². The molecule has 21 heavy (non-hydrogen) atoms. The average molecular weight is 300 g/mol. The molecule has 0 spiro atoms. The van der Waals surface area contributed by atoms with Gasteiger partial charge in [-0.25, -0.2) is 0 Å². The van der Waals surface area contributed by atoms with Gasteiger partial charge >= 0.3 is 0 Å². The summed E-state index contributed by atoms with van der Waals surface area (Å²) < 4.78 is 15.9. The predicted molar refractivity (Wildman–Crippen MR) is 71.6 cm³/mol. The highest BCUT2D eigenvalue weighted by Gasteiger charge is 2.44. The van der Waals surface area contributed by atoms with Crippen molar-refractivity contribution < 1.29 is 34.6 Å². The highest BCUT2D eigenvalue weighted by atomic mass is 16.7. The van der Waals surface area contributed by atoms with Gasteiger partial charge in [0.05, 0.1) is 20.3 Å². The van der Waals surface area contributed by atoms with Gasteiger partial charge in [-0.05, 0) is 6.07 Å². The van der Waals surface area contributed by atoms with E-state index in [4.69, 9.17) is 19.3 Å². The van der Waals surface area contributed by atoms with Gasteiger partial charge in [0.15, 0.2) is 6.29 Å². The lowest BCUT2D eigenvalue weighted by Crippen LogP contribution is -2.59. The summed E-state index contributed by atoms with van der Waals surface area (Å²) in [5, 5.41) is 38.3. The molecule has 0 bridgehead atoms. The van der Waals surface area contributed by atoms with Crippen molar-refractivity contribution in [2.45, 2.75) is 37.3 Å². The Morgan fingerprint density at radius 2 is 1.81 bits per heavy atom. The van der Waals surface area contributed by atoms with Crippen LogP contribution in [0.1, 0.15) is 5.56 Å². The van der Waals surface area contributed by atoms with Crippen LogP contribution >= 0.6 is 0 Å². The molecule has 0 unspecified atom stereocenters. The first-order chi connectivity index (χ1) is 10.1. The summed E-state index contributed by atoms with van der Waals surface area (Å²) in [6, 6.07) is 7.19. The largest absolute Gasteiger partial charge is 0.496 e. The van der Waals surface area contributed by atoms with Gasteiger partial charge in [0.1, 0.15) is 30.2 Å². The minimum absolute atomic E-state index is 0.0900. The zero-order valence-electron chi connectivity index (χ0n) is 11.6. The van der Waals surface area contributed by atoms with Crippen LogP contribution < -0.4 is 4.74 Å². The van der Waals surface area contributed by atoms with E-state index >= 15 is 0 Å². The molecule has 118 valence electrons. The summed E-state index contributed by atoms with van der Waals surface area (Å²) >= 11 is 0. The number of para-hydroxylation sites is 1. The van der Waals surface area contributed by atoms with Gasteiger partial charge in [-0.2, -0.15) is 0 Å². The standard InChI is InChI=1S/C14H20O7/c1-19-9-5-3-2-4-8(9)7-20-14-13(18)12(17)11(16)10(6-15)21-14/h2-5,10-18H,6-7H2,1H3/t10-,11-,12+,13-,14-/m1/s1. The molecule has 1 aromatic rings. The van der Waals surface area contributed by atoms with Crippen LogP contribution in [0, 0.1) is 0 Å². The summed E-state index contributed by atoms with van der Waals surface area (Å²) in [4.78, 5) is 0. The fourth-order valence-electron chi connectivity index (χ4n) is 2.20. The van der Waals surface area contributed by atoms with Crippen molar-refractivity contribution in [2.75, 3.05) is 13.7 Å². The molecule has 1 aliphatic rings. The summed E-state index contributed by atoms with van der Waals surface area (Å²) in [7, 11) is 1.53. The Kier molecular flexibility index (Phi) is 5.51. The van der Waals surface area contributed by atoms with Gasteiger partial charge < -0.3 is 34.6 Å². The number of hydrogen-bond acceptors (Lipinski definition) is 7. The molecule has 1 aromatic carbocycles. The van der Waals surface area contributed by atoms with Crippen molar-refractivity contribution in [3.05, 3.63) is 29.8 Å². The number of aliphatic hydroxyl groups is 4. The van der Waals surface area contributed by atoms with Crippen molar-refractivity contribution in [3.8, 4) is 5.75 Å². The lowest BCUT2D eigenvalue weighted by molar-refractivity contribution is -0.304. The van der Waals surface area contributed by atoms with Crippen LogP contribution in [0.5, 0.6) is 5.75 Å². The first kappa shape index (κ1) is 16.2. The average Bonchev–Trinajstić information content (AvgIpc) is 2.52. The van der Waals surface area contributed by atoms with Gasteiger partial charge in [-0.3, -0.25) is 0 Å². The third-order valence-corrected chi connectivity index (χ3v) is 3.44. The monoisotopic (exact) mass is 300 g/mol. The summed E-state index contributed by atoms with van der Waals surface area (Å²) in [5.41, 5.74) is 0.747. The molecule has 0 aliphatic carbocycles. The van der Waals surface area contributed by atoms with E-state index in [1.54, 1.807) is 12.1 Å². The second kappa shape index (κ2) is 7.17. The van der Waals surface area contributed by atoms with E-state index in [1.165, 1.54) is 7.11 Å². The quantitative estimate of drug-likeness (QED) is 0.553. The first-order valence-corrected chi connectivity index (χ1v) is 6.62. The van der Waals surface area contributed by atoms with E-state index in [2.05, 4.69) is 0 Å². The fourth-order valence-corrected chi connectivity index (χ4v) is 2.20. The summed E-state index contributed by atoms with van der Waals surface area (Å²) in [5.74, 6) is 0.627. The Balaban J connectivity index is 2.01. The van der Waals surface area contributed by atoms with Crippen molar-refractivity contribution in [3.63, 3.8) is 0 Å². The minimum atomic E-state index is -1.45. The molecule has 0 aromatic heterocycles. The van der Waals surface area contributed by atoms with Crippen LogP contribution in [0.3, 0.4) is 0 Å². The third-order valence-electron chi connectivity index (χ3n) is 3.44. The van der Waals surface area contributed by atoms with Crippen LogP contribution in [0.2, 0.25) is 0 Å². The maximum Gasteiger partial charge on any atom is 0.187 e. The van der Waals surface area contributed by atoms with E-state index in [0.29, 0.717) is 5.75 Å². The fraction of sp³-hybridized carbons (Fsp3) is 0.571. The molecule has 1 heterocycles. The number of methoxy groups -OCH3 is 1. The Hall–Kier alpha value is -1.22. The van der Waals surface area contributed by atoms with Gasteiger partial charge in [0.2, 0.25) is 0 Å².